The van der Waals surface area contributed by atoms with Crippen LogP contribution in [-0.4, -0.2) is 11.3 Å². The summed E-state index contributed by atoms with van der Waals surface area (Å²) in [6.07, 6.45) is 0. The average Bonchev–Trinajstić information content (AvgIpc) is 1.24. The van der Waals surface area contributed by atoms with Gasteiger partial charge in [-0.2, -0.15) is 0 Å². The molecule has 3 heterocycles. The van der Waals surface area contributed by atoms with E-state index in [-0.39, 0.29) is 39.2 Å². The lowest BCUT2D eigenvalue weighted by Gasteiger charge is -2.46. The lowest BCUT2D eigenvalue weighted by molar-refractivity contribution is 0.589. The number of para-hydroxylation sites is 1. The molecule has 12 rings (SSSR count). The van der Waals surface area contributed by atoms with Crippen LogP contribution in [0, 0.1) is 0 Å². The minimum atomic E-state index is -0.0809. The number of hydrogen-bond donors (Lipinski definition) is 0. The Bertz CT molecular complexity index is 3940. The van der Waals surface area contributed by atoms with Crippen LogP contribution in [0.25, 0.3) is 27.5 Å². The van der Waals surface area contributed by atoms with Gasteiger partial charge in [-0.05, 0) is 191 Å². The second-order valence-corrected chi connectivity index (χ2v) is 30.1. The summed E-state index contributed by atoms with van der Waals surface area (Å²) in [7, 11) is 0. The number of fused-ring (bicyclic) bond motifs is 7. The summed E-state index contributed by atoms with van der Waals surface area (Å²) in [6.45, 7) is 41.9. The highest BCUT2D eigenvalue weighted by atomic mass is 15.2. The van der Waals surface area contributed by atoms with Crippen molar-refractivity contribution in [2.45, 2.75) is 157 Å². The van der Waals surface area contributed by atoms with Gasteiger partial charge in [0.25, 0.3) is 6.71 Å². The van der Waals surface area contributed by atoms with Crippen molar-refractivity contribution in [2.24, 2.45) is 0 Å². The van der Waals surface area contributed by atoms with Gasteiger partial charge in [0, 0.05) is 62.0 Å². The van der Waals surface area contributed by atoms with Gasteiger partial charge in [-0.15, -0.1) is 0 Å². The highest BCUT2D eigenvalue weighted by Crippen LogP contribution is 2.50. The summed E-state index contributed by atoms with van der Waals surface area (Å²) in [5.74, 6) is 0. The molecule has 0 amide bonds. The van der Waals surface area contributed by atoms with Gasteiger partial charge in [0.2, 0.25) is 0 Å². The number of anilines is 9. The van der Waals surface area contributed by atoms with Crippen LogP contribution in [0.3, 0.4) is 0 Å². The molecule has 420 valence electrons. The Balaban J connectivity index is 1.16. The molecule has 5 heteroatoms. The topological polar surface area (TPSA) is 14.7 Å². The predicted molar refractivity (Wildman–Crippen MR) is 362 cm³/mol. The van der Waals surface area contributed by atoms with Gasteiger partial charge in [-0.25, -0.2) is 0 Å². The first-order valence-corrected chi connectivity index (χ1v) is 30.3. The van der Waals surface area contributed by atoms with E-state index in [1.807, 2.05) is 0 Å². The molecule has 0 radical (unpaired) electrons. The highest BCUT2D eigenvalue weighted by molar-refractivity contribution is 7.00. The third-order valence-electron chi connectivity index (χ3n) is 17.9. The van der Waals surface area contributed by atoms with Crippen molar-refractivity contribution in [3.63, 3.8) is 0 Å². The molecule has 0 aliphatic carbocycles. The molecule has 0 N–H and O–H groups in total. The van der Waals surface area contributed by atoms with Crippen LogP contribution in [0.4, 0.5) is 51.2 Å². The molecule has 0 saturated carbocycles. The molecule has 0 fully saturated rings. The van der Waals surface area contributed by atoms with Gasteiger partial charge >= 0.3 is 0 Å². The van der Waals surface area contributed by atoms with Crippen LogP contribution in [-0.2, 0) is 32.5 Å². The summed E-state index contributed by atoms with van der Waals surface area (Å²) in [5, 5.41) is 2.58. The summed E-state index contributed by atoms with van der Waals surface area (Å²) in [5.41, 5.74) is 25.5. The van der Waals surface area contributed by atoms with E-state index < -0.39 is 0 Å². The maximum atomic E-state index is 2.61. The zero-order valence-corrected chi connectivity index (χ0v) is 52.8. The van der Waals surface area contributed by atoms with E-state index >= 15 is 0 Å². The first-order valence-electron chi connectivity index (χ1n) is 30.3. The van der Waals surface area contributed by atoms with E-state index in [1.54, 1.807) is 0 Å². The summed E-state index contributed by atoms with van der Waals surface area (Å²) >= 11 is 0. The van der Waals surface area contributed by atoms with Crippen molar-refractivity contribution in [1.82, 2.24) is 4.57 Å². The van der Waals surface area contributed by atoms with Crippen LogP contribution in [0.2, 0.25) is 0 Å². The maximum absolute atomic E-state index is 2.61. The van der Waals surface area contributed by atoms with Crippen LogP contribution in [0.1, 0.15) is 158 Å². The van der Waals surface area contributed by atoms with Crippen molar-refractivity contribution in [1.29, 1.82) is 0 Å². The third-order valence-corrected chi connectivity index (χ3v) is 17.9. The molecular weight excluding hydrogens is 1000 g/mol. The minimum Gasteiger partial charge on any atom is -0.311 e. The molecule has 0 bridgehead atoms. The Morgan fingerprint density at radius 1 is 0.289 bits per heavy atom. The molecule has 4 nitrogen and oxygen atoms in total. The van der Waals surface area contributed by atoms with E-state index in [4.69, 9.17) is 0 Å². The second kappa shape index (κ2) is 19.4. The Morgan fingerprint density at radius 3 is 1.07 bits per heavy atom. The minimum absolute atomic E-state index is 0.0152. The maximum Gasteiger partial charge on any atom is 0.252 e. The molecule has 1 aromatic heterocycles. The van der Waals surface area contributed by atoms with Crippen LogP contribution in [0.5, 0.6) is 0 Å². The van der Waals surface area contributed by atoms with Crippen LogP contribution >= 0.6 is 0 Å². The lowest BCUT2D eigenvalue weighted by Crippen LogP contribution is -2.61. The van der Waals surface area contributed by atoms with Gasteiger partial charge in [-0.1, -0.05) is 203 Å². The van der Waals surface area contributed by atoms with Gasteiger partial charge in [0.15, 0.2) is 0 Å². The van der Waals surface area contributed by atoms with Crippen LogP contribution < -0.4 is 31.1 Å². The van der Waals surface area contributed by atoms with Gasteiger partial charge in [0.05, 0.1) is 16.7 Å². The van der Waals surface area contributed by atoms with Crippen molar-refractivity contribution >= 4 is 96.1 Å². The summed E-state index contributed by atoms with van der Waals surface area (Å²) < 4.78 is 2.48. The van der Waals surface area contributed by atoms with Gasteiger partial charge < -0.3 is 19.3 Å². The molecule has 2 aliphatic heterocycles. The van der Waals surface area contributed by atoms with Crippen molar-refractivity contribution in [3.05, 3.63) is 221 Å². The molecule has 2 aliphatic rings. The molecule has 9 aromatic carbocycles. The Morgan fingerprint density at radius 2 is 0.663 bits per heavy atom. The standard InChI is InChI=1S/C78H85BN4/c1-73(2,3)50-24-22-28-59(42-50)82-68-46-54(77(13,14)15)30-38-64(68)79-65-39-31-55(78(16,17)18)47-69(65)83(60-29-23-25-51(43-60)74(4,5)6)71-49-61(48-70(82)72(71)79)80(56-26-20-19-21-27-56)57-34-36-58(37-35-57)81-66-40-32-52(75(7,8)9)44-62(66)63-45-53(76(10,11)12)33-41-67(63)81/h19-49H,1-18H3. The number of nitrogens with zero attached hydrogens (tertiary/aromatic N) is 4. The summed E-state index contributed by atoms with van der Waals surface area (Å²) in [4.78, 5) is 7.71. The fourth-order valence-corrected chi connectivity index (χ4v) is 12.8. The monoisotopic (exact) mass is 1090 g/mol. The molecule has 0 spiro atoms. The first-order chi connectivity index (χ1) is 38.9. The van der Waals surface area contributed by atoms with Crippen LogP contribution in [0.15, 0.2) is 188 Å². The largest absolute Gasteiger partial charge is 0.311 e. The lowest BCUT2D eigenvalue weighted by atomic mass is 9.33. The Labute approximate surface area is 496 Å². The van der Waals surface area contributed by atoms with E-state index in [2.05, 4.69) is 332 Å². The van der Waals surface area contributed by atoms with Gasteiger partial charge in [-0.3, -0.25) is 0 Å². The fourth-order valence-electron chi connectivity index (χ4n) is 12.8. The Hall–Kier alpha value is -7.76. The molecule has 0 unspecified atom stereocenters. The number of hydrogen-bond acceptors (Lipinski definition) is 3. The highest BCUT2D eigenvalue weighted by Gasteiger charge is 2.45. The molecule has 0 saturated heterocycles. The van der Waals surface area contributed by atoms with E-state index in [1.165, 1.54) is 94.3 Å². The average molecular weight is 1090 g/mol. The normalized spacial score (nSPS) is 13.8. The van der Waals surface area contributed by atoms with E-state index in [0.717, 1.165) is 34.1 Å². The van der Waals surface area contributed by atoms with Crippen molar-refractivity contribution < 1.29 is 0 Å². The zero-order chi connectivity index (χ0) is 59.1. The molecule has 83 heavy (non-hydrogen) atoms. The first kappa shape index (κ1) is 55.8. The van der Waals surface area contributed by atoms with E-state index in [0.29, 0.717) is 0 Å². The Kier molecular flexibility index (Phi) is 13.0. The summed E-state index contributed by atoms with van der Waals surface area (Å²) in [6, 6.07) is 73.0. The van der Waals surface area contributed by atoms with Gasteiger partial charge in [0.1, 0.15) is 0 Å². The predicted octanol–water partition coefficient (Wildman–Crippen LogP) is 20.1. The second-order valence-electron chi connectivity index (χ2n) is 30.1. The third kappa shape index (κ3) is 9.86. The zero-order valence-electron chi connectivity index (χ0n) is 52.8. The molecule has 10 aromatic rings. The van der Waals surface area contributed by atoms with Crippen molar-refractivity contribution in [3.8, 4) is 5.69 Å². The quantitative estimate of drug-likeness (QED) is 0.154. The fraction of sp³-hybridized carbons (Fsp3) is 0.308. The number of benzene rings is 9. The SMILES string of the molecule is CC(C)(C)c1cccc(N2c3cc(C(C)(C)C)ccc3B3c4ccc(C(C)(C)C)cc4N(c4cccc(C(C)(C)C)c4)c4cc(N(c5ccccc5)c5ccc(-n6c7ccc(C(C)(C)C)cc7c7cc(C(C)(C)C)ccc76)cc5)cc2c43)c1. The molecule has 0 atom stereocenters. The van der Waals surface area contributed by atoms with Crippen molar-refractivity contribution in [2.75, 3.05) is 14.7 Å². The smallest absolute Gasteiger partial charge is 0.252 e. The number of aromatic nitrogens is 1. The van der Waals surface area contributed by atoms with E-state index in [9.17, 15) is 0 Å². The molecular formula is C78H85BN4. The number of rotatable bonds is 6.